The quantitative estimate of drug-likeness (QED) is 0.419. The van der Waals surface area contributed by atoms with Gasteiger partial charge in [-0.05, 0) is 19.4 Å². The molecule has 2 aliphatic rings. The van der Waals surface area contributed by atoms with Gasteiger partial charge in [-0.15, -0.1) is 0 Å². The molecule has 3 unspecified atom stereocenters. The second kappa shape index (κ2) is 2.96. The first kappa shape index (κ1) is 8.44. The maximum absolute atomic E-state index is 9.55. The van der Waals surface area contributed by atoms with Gasteiger partial charge in [0.1, 0.15) is 0 Å². The minimum Gasteiger partial charge on any atom is -0.391 e. The van der Waals surface area contributed by atoms with E-state index in [1.54, 1.807) is 0 Å². The summed E-state index contributed by atoms with van der Waals surface area (Å²) in [6.45, 7) is 1.39. The Morgan fingerprint density at radius 2 is 1.83 bits per heavy atom. The molecule has 2 saturated heterocycles. The van der Waals surface area contributed by atoms with Crippen LogP contribution in [0, 0.1) is 0 Å². The van der Waals surface area contributed by atoms with Gasteiger partial charge >= 0.3 is 0 Å². The first-order valence-electron chi connectivity index (χ1n) is 4.48. The number of rotatable bonds is 0. The molecule has 4 heteroatoms. The molecule has 0 aliphatic carbocycles. The fourth-order valence-electron chi connectivity index (χ4n) is 2.30. The van der Waals surface area contributed by atoms with E-state index in [0.29, 0.717) is 6.54 Å². The first-order valence-corrected chi connectivity index (χ1v) is 4.48. The predicted molar refractivity (Wildman–Crippen MR) is 42.6 cm³/mol. The molecule has 4 atom stereocenters. The van der Waals surface area contributed by atoms with Crippen LogP contribution in [0.1, 0.15) is 12.8 Å². The van der Waals surface area contributed by atoms with Crippen LogP contribution < -0.4 is 0 Å². The number of hydrogen-bond donors (Lipinski definition) is 3. The smallest absolute Gasteiger partial charge is 0.0991 e. The van der Waals surface area contributed by atoms with Crippen molar-refractivity contribution in [3.63, 3.8) is 0 Å². The van der Waals surface area contributed by atoms with Crippen LogP contribution >= 0.6 is 0 Å². The van der Waals surface area contributed by atoms with Gasteiger partial charge in [0.2, 0.25) is 0 Å². The van der Waals surface area contributed by atoms with Crippen molar-refractivity contribution in [2.45, 2.75) is 37.2 Å². The number of aliphatic hydroxyl groups excluding tert-OH is 3. The third-order valence-corrected chi connectivity index (χ3v) is 2.93. The van der Waals surface area contributed by atoms with Gasteiger partial charge in [-0.25, -0.2) is 0 Å². The molecule has 0 spiro atoms. The molecule has 0 radical (unpaired) electrons. The van der Waals surface area contributed by atoms with Crippen molar-refractivity contribution in [1.29, 1.82) is 0 Å². The van der Waals surface area contributed by atoms with Gasteiger partial charge < -0.3 is 15.3 Å². The highest BCUT2D eigenvalue weighted by molar-refractivity contribution is 4.99. The van der Waals surface area contributed by atoms with Crippen LogP contribution in [-0.4, -0.2) is 57.7 Å². The average Bonchev–Trinajstić information content (AvgIpc) is 2.29. The lowest BCUT2D eigenvalue weighted by Crippen LogP contribution is -2.48. The van der Waals surface area contributed by atoms with E-state index in [1.165, 1.54) is 0 Å². The van der Waals surface area contributed by atoms with E-state index < -0.39 is 18.3 Å². The van der Waals surface area contributed by atoms with Gasteiger partial charge in [-0.1, -0.05) is 0 Å². The molecule has 0 aromatic rings. The number of fused-ring (bicyclic) bond motifs is 1. The molecule has 4 nitrogen and oxygen atoms in total. The Hall–Kier alpha value is -0.160. The lowest BCUT2D eigenvalue weighted by atomic mass is 9.97. The minimum absolute atomic E-state index is 0.228. The van der Waals surface area contributed by atoms with Gasteiger partial charge in [0, 0.05) is 6.54 Å². The monoisotopic (exact) mass is 173 g/mol. The molecule has 2 fully saturated rings. The van der Waals surface area contributed by atoms with E-state index in [-0.39, 0.29) is 6.04 Å². The maximum Gasteiger partial charge on any atom is 0.0991 e. The molecular weight excluding hydrogens is 158 g/mol. The molecule has 3 N–H and O–H groups in total. The fourth-order valence-corrected chi connectivity index (χ4v) is 2.30. The summed E-state index contributed by atoms with van der Waals surface area (Å²) in [5, 5.41) is 28.4. The Balaban J connectivity index is 2.12. The van der Waals surface area contributed by atoms with E-state index in [9.17, 15) is 15.3 Å². The van der Waals surface area contributed by atoms with Crippen LogP contribution in [0.15, 0.2) is 0 Å². The van der Waals surface area contributed by atoms with Crippen molar-refractivity contribution in [2.24, 2.45) is 0 Å². The highest BCUT2D eigenvalue weighted by Crippen LogP contribution is 2.27. The van der Waals surface area contributed by atoms with Crippen LogP contribution in [0.4, 0.5) is 0 Å². The topological polar surface area (TPSA) is 63.9 Å². The Morgan fingerprint density at radius 3 is 2.50 bits per heavy atom. The Morgan fingerprint density at radius 1 is 1.08 bits per heavy atom. The summed E-state index contributed by atoms with van der Waals surface area (Å²) >= 11 is 0. The molecule has 2 rings (SSSR count). The Labute approximate surface area is 71.4 Å². The molecule has 0 aromatic heterocycles. The molecule has 12 heavy (non-hydrogen) atoms. The van der Waals surface area contributed by atoms with Crippen LogP contribution in [-0.2, 0) is 0 Å². The van der Waals surface area contributed by atoms with E-state index in [2.05, 4.69) is 0 Å². The Kier molecular flexibility index (Phi) is 2.08. The second-order valence-corrected chi connectivity index (χ2v) is 3.75. The second-order valence-electron chi connectivity index (χ2n) is 3.75. The van der Waals surface area contributed by atoms with Crippen LogP contribution in [0.3, 0.4) is 0 Å². The zero-order valence-corrected chi connectivity index (χ0v) is 6.93. The standard InChI is InChI=1S/C8H15NO3/c10-5-2-1-3-9-4-6(11)8(12)7(5)9/h5-8,10-12H,1-4H2/t5?,6?,7-,8?/m0/s1. The maximum atomic E-state index is 9.55. The molecule has 0 saturated carbocycles. The van der Waals surface area contributed by atoms with Crippen LogP contribution in [0.5, 0.6) is 0 Å². The molecular formula is C8H15NO3. The third kappa shape index (κ3) is 1.15. The SMILES string of the molecule is OC1CN2CCCC(O)[C@H]2C1O. The molecule has 2 aliphatic heterocycles. The van der Waals surface area contributed by atoms with E-state index in [4.69, 9.17) is 0 Å². The summed E-state index contributed by atoms with van der Waals surface area (Å²) in [6, 6.07) is -0.228. The van der Waals surface area contributed by atoms with Crippen molar-refractivity contribution in [1.82, 2.24) is 4.90 Å². The summed E-state index contributed by atoms with van der Waals surface area (Å²) in [5.41, 5.74) is 0. The van der Waals surface area contributed by atoms with Gasteiger partial charge in [-0.2, -0.15) is 0 Å². The van der Waals surface area contributed by atoms with Crippen molar-refractivity contribution in [3.8, 4) is 0 Å². The average molecular weight is 173 g/mol. The molecule has 0 bridgehead atoms. The first-order chi connectivity index (χ1) is 5.70. The zero-order valence-electron chi connectivity index (χ0n) is 6.93. The van der Waals surface area contributed by atoms with E-state index in [1.807, 2.05) is 4.90 Å². The lowest BCUT2D eigenvalue weighted by Gasteiger charge is -2.34. The minimum atomic E-state index is -0.764. The lowest BCUT2D eigenvalue weighted by molar-refractivity contribution is -0.0282. The van der Waals surface area contributed by atoms with Crippen molar-refractivity contribution >= 4 is 0 Å². The van der Waals surface area contributed by atoms with Crippen molar-refractivity contribution in [3.05, 3.63) is 0 Å². The Bertz CT molecular complexity index is 176. The normalized spacial score (nSPS) is 49.2. The number of piperidine rings is 1. The summed E-state index contributed by atoms with van der Waals surface area (Å²) in [4.78, 5) is 1.98. The highest BCUT2D eigenvalue weighted by atomic mass is 16.3. The summed E-state index contributed by atoms with van der Waals surface area (Å²) < 4.78 is 0. The van der Waals surface area contributed by atoms with Gasteiger partial charge in [0.15, 0.2) is 0 Å². The van der Waals surface area contributed by atoms with E-state index >= 15 is 0 Å². The molecule has 0 aromatic carbocycles. The predicted octanol–water partition coefficient (Wildman–Crippen LogP) is -1.45. The van der Waals surface area contributed by atoms with Crippen LogP contribution in [0.2, 0.25) is 0 Å². The van der Waals surface area contributed by atoms with E-state index in [0.717, 1.165) is 19.4 Å². The summed E-state index contributed by atoms with van der Waals surface area (Å²) in [7, 11) is 0. The summed E-state index contributed by atoms with van der Waals surface area (Å²) in [6.07, 6.45) is -0.212. The van der Waals surface area contributed by atoms with Crippen LogP contribution in [0.25, 0.3) is 0 Å². The highest BCUT2D eigenvalue weighted by Gasteiger charge is 2.45. The molecule has 70 valence electrons. The van der Waals surface area contributed by atoms with Gasteiger partial charge in [-0.3, -0.25) is 4.90 Å². The van der Waals surface area contributed by atoms with Gasteiger partial charge in [0.25, 0.3) is 0 Å². The molecule has 2 heterocycles. The van der Waals surface area contributed by atoms with Crippen molar-refractivity contribution < 1.29 is 15.3 Å². The largest absolute Gasteiger partial charge is 0.391 e. The number of nitrogens with zero attached hydrogens (tertiary/aromatic N) is 1. The summed E-state index contributed by atoms with van der Waals surface area (Å²) in [5.74, 6) is 0. The zero-order chi connectivity index (χ0) is 8.72. The number of hydrogen-bond acceptors (Lipinski definition) is 4. The molecule has 0 amide bonds. The van der Waals surface area contributed by atoms with Gasteiger partial charge in [0.05, 0.1) is 24.4 Å². The van der Waals surface area contributed by atoms with Crippen molar-refractivity contribution in [2.75, 3.05) is 13.1 Å². The number of aliphatic hydroxyl groups is 3. The fraction of sp³-hybridized carbons (Fsp3) is 1.00. The third-order valence-electron chi connectivity index (χ3n) is 2.93.